The molecule has 0 saturated carbocycles. The van der Waals surface area contributed by atoms with E-state index in [0.29, 0.717) is 45.8 Å². The van der Waals surface area contributed by atoms with Gasteiger partial charge in [-0.25, -0.2) is 8.42 Å². The number of sulfonamides is 1. The fourth-order valence-electron chi connectivity index (χ4n) is 3.55. The lowest BCUT2D eigenvalue weighted by atomic mass is 10.1. The number of rotatable bonds is 6. The van der Waals surface area contributed by atoms with Crippen LogP contribution in [-0.2, 0) is 10.0 Å². The molecule has 1 aliphatic rings. The van der Waals surface area contributed by atoms with Gasteiger partial charge in [0.25, 0.3) is 0 Å². The van der Waals surface area contributed by atoms with Crippen LogP contribution >= 0.6 is 11.6 Å². The lowest BCUT2D eigenvalue weighted by Crippen LogP contribution is -2.28. The molecule has 0 atom stereocenters. The molecule has 1 N–H and O–H groups in total. The number of methoxy groups -OCH3 is 1. The SMILES string of the molecule is COc1ccc(Nc2ccc(-c3ccc(C)c(S(=O)(=O)N4CCCC4)c3)nn2)cc1Cl. The van der Waals surface area contributed by atoms with E-state index in [1.54, 1.807) is 41.7 Å². The quantitative estimate of drug-likeness (QED) is 0.579. The molecule has 0 unspecified atom stereocenters. The normalized spacial score (nSPS) is 14.5. The number of benzene rings is 2. The Labute approximate surface area is 187 Å². The number of nitrogens with zero attached hydrogens (tertiary/aromatic N) is 3. The van der Waals surface area contributed by atoms with Gasteiger partial charge in [-0.3, -0.25) is 0 Å². The first kappa shape index (κ1) is 21.5. The van der Waals surface area contributed by atoms with Crippen molar-refractivity contribution in [2.24, 2.45) is 0 Å². The van der Waals surface area contributed by atoms with Crippen LogP contribution in [0.2, 0.25) is 5.02 Å². The summed E-state index contributed by atoms with van der Waals surface area (Å²) in [4.78, 5) is 0.323. The van der Waals surface area contributed by atoms with Crippen LogP contribution in [0.5, 0.6) is 5.75 Å². The summed E-state index contributed by atoms with van der Waals surface area (Å²) < 4.78 is 32.8. The summed E-state index contributed by atoms with van der Waals surface area (Å²) in [6, 6.07) is 14.3. The van der Waals surface area contributed by atoms with Crippen molar-refractivity contribution in [1.29, 1.82) is 0 Å². The monoisotopic (exact) mass is 458 g/mol. The van der Waals surface area contributed by atoms with Crippen molar-refractivity contribution in [3.63, 3.8) is 0 Å². The van der Waals surface area contributed by atoms with Gasteiger partial charge in [-0.05, 0) is 61.7 Å². The first-order chi connectivity index (χ1) is 14.9. The first-order valence-corrected chi connectivity index (χ1v) is 11.8. The molecule has 7 nitrogen and oxygen atoms in total. The summed E-state index contributed by atoms with van der Waals surface area (Å²) in [5.74, 6) is 1.13. The van der Waals surface area contributed by atoms with Crippen LogP contribution in [0.4, 0.5) is 11.5 Å². The minimum absolute atomic E-state index is 0.323. The molecule has 1 saturated heterocycles. The molecule has 0 spiro atoms. The third-order valence-electron chi connectivity index (χ3n) is 5.26. The Morgan fingerprint density at radius 3 is 2.45 bits per heavy atom. The van der Waals surface area contributed by atoms with Crippen LogP contribution in [0.1, 0.15) is 18.4 Å². The highest BCUT2D eigenvalue weighted by molar-refractivity contribution is 7.89. The van der Waals surface area contributed by atoms with Gasteiger partial charge in [0, 0.05) is 24.3 Å². The number of anilines is 2. The number of nitrogens with one attached hydrogen (secondary N) is 1. The molecule has 0 radical (unpaired) electrons. The summed E-state index contributed by atoms with van der Waals surface area (Å²) in [7, 11) is -1.95. The average molecular weight is 459 g/mol. The Balaban J connectivity index is 1.57. The lowest BCUT2D eigenvalue weighted by Gasteiger charge is -2.17. The largest absolute Gasteiger partial charge is 0.495 e. The molecule has 3 aromatic rings. The molecule has 162 valence electrons. The van der Waals surface area contributed by atoms with Gasteiger partial charge >= 0.3 is 0 Å². The zero-order valence-electron chi connectivity index (χ0n) is 17.3. The summed E-state index contributed by atoms with van der Waals surface area (Å²) >= 11 is 6.16. The second-order valence-electron chi connectivity index (χ2n) is 7.37. The number of hydrogen-bond acceptors (Lipinski definition) is 6. The first-order valence-electron chi connectivity index (χ1n) is 9.94. The van der Waals surface area contributed by atoms with Crippen molar-refractivity contribution >= 4 is 33.1 Å². The predicted molar refractivity (Wildman–Crippen MR) is 121 cm³/mol. The Bertz CT molecular complexity index is 1190. The van der Waals surface area contributed by atoms with Crippen LogP contribution < -0.4 is 10.1 Å². The molecule has 2 heterocycles. The van der Waals surface area contributed by atoms with Gasteiger partial charge in [0.15, 0.2) is 5.82 Å². The Hall–Kier alpha value is -2.68. The minimum atomic E-state index is -3.51. The highest BCUT2D eigenvalue weighted by Gasteiger charge is 2.28. The molecule has 1 fully saturated rings. The number of halogens is 1. The molecule has 1 aliphatic heterocycles. The van der Waals surface area contributed by atoms with E-state index in [0.717, 1.165) is 24.1 Å². The maximum Gasteiger partial charge on any atom is 0.243 e. The summed E-state index contributed by atoms with van der Waals surface area (Å²) in [6.07, 6.45) is 1.80. The lowest BCUT2D eigenvalue weighted by molar-refractivity contribution is 0.415. The van der Waals surface area contributed by atoms with Crippen LogP contribution in [0.25, 0.3) is 11.3 Å². The summed E-state index contributed by atoms with van der Waals surface area (Å²) in [6.45, 7) is 2.95. The summed E-state index contributed by atoms with van der Waals surface area (Å²) in [5.41, 5.74) is 2.77. The van der Waals surface area contributed by atoms with E-state index in [-0.39, 0.29) is 0 Å². The zero-order valence-corrected chi connectivity index (χ0v) is 18.9. The maximum absolute atomic E-state index is 13.0. The molecule has 0 amide bonds. The number of aromatic nitrogens is 2. The average Bonchev–Trinajstić information content (AvgIpc) is 3.31. The second kappa shape index (κ2) is 8.82. The highest BCUT2D eigenvalue weighted by Crippen LogP contribution is 2.30. The number of aryl methyl sites for hydroxylation is 1. The third-order valence-corrected chi connectivity index (χ3v) is 7.59. The van der Waals surface area contributed by atoms with Crippen molar-refractivity contribution in [3.8, 4) is 17.0 Å². The van der Waals surface area contributed by atoms with Crippen molar-refractivity contribution < 1.29 is 13.2 Å². The Morgan fingerprint density at radius 2 is 1.81 bits per heavy atom. The van der Waals surface area contributed by atoms with Crippen molar-refractivity contribution in [3.05, 3.63) is 59.1 Å². The molecule has 4 rings (SSSR count). The topological polar surface area (TPSA) is 84.4 Å². The zero-order chi connectivity index (χ0) is 22.0. The van der Waals surface area contributed by atoms with Crippen LogP contribution in [0, 0.1) is 6.92 Å². The van der Waals surface area contributed by atoms with Crippen molar-refractivity contribution in [2.45, 2.75) is 24.7 Å². The van der Waals surface area contributed by atoms with Gasteiger partial charge in [-0.15, -0.1) is 10.2 Å². The molecule has 2 aromatic carbocycles. The second-order valence-corrected chi connectivity index (χ2v) is 9.68. The van der Waals surface area contributed by atoms with Gasteiger partial charge in [0.2, 0.25) is 10.0 Å². The van der Waals surface area contributed by atoms with E-state index in [1.165, 1.54) is 0 Å². The van der Waals surface area contributed by atoms with Gasteiger partial charge in [0.1, 0.15) is 5.75 Å². The fraction of sp³-hybridized carbons (Fsp3) is 0.273. The van der Waals surface area contributed by atoms with Gasteiger partial charge in [-0.1, -0.05) is 23.7 Å². The van der Waals surface area contributed by atoms with Gasteiger partial charge < -0.3 is 10.1 Å². The van der Waals surface area contributed by atoms with Crippen LogP contribution in [-0.4, -0.2) is 43.1 Å². The Kier molecular flexibility index (Phi) is 6.13. The smallest absolute Gasteiger partial charge is 0.243 e. The van der Waals surface area contributed by atoms with Crippen molar-refractivity contribution in [2.75, 3.05) is 25.5 Å². The maximum atomic E-state index is 13.0. The van der Waals surface area contributed by atoms with E-state index in [2.05, 4.69) is 15.5 Å². The van der Waals surface area contributed by atoms with Gasteiger partial charge in [0.05, 0.1) is 22.7 Å². The van der Waals surface area contributed by atoms with E-state index >= 15 is 0 Å². The van der Waals surface area contributed by atoms with E-state index < -0.39 is 10.0 Å². The standard InChI is InChI=1S/C22H23ClN4O3S/c1-15-5-6-16(13-21(15)31(28,29)27-11-3-4-12-27)19-8-10-22(26-25-19)24-17-7-9-20(30-2)18(23)14-17/h5-10,13-14H,3-4,11-12H2,1-2H3,(H,24,26). The molecule has 1 aromatic heterocycles. The van der Waals surface area contributed by atoms with Crippen LogP contribution in [0.3, 0.4) is 0 Å². The van der Waals surface area contributed by atoms with E-state index in [9.17, 15) is 8.42 Å². The van der Waals surface area contributed by atoms with E-state index in [1.807, 2.05) is 25.1 Å². The van der Waals surface area contributed by atoms with Crippen LogP contribution in [0.15, 0.2) is 53.4 Å². The molecule has 0 bridgehead atoms. The fourth-order valence-corrected chi connectivity index (χ4v) is 5.58. The molecule has 0 aliphatic carbocycles. The third kappa shape index (κ3) is 4.51. The molecular formula is C22H23ClN4O3S. The van der Waals surface area contributed by atoms with Crippen molar-refractivity contribution in [1.82, 2.24) is 14.5 Å². The van der Waals surface area contributed by atoms with E-state index in [4.69, 9.17) is 16.3 Å². The predicted octanol–water partition coefficient (Wildman–Crippen LogP) is 4.64. The Morgan fingerprint density at radius 1 is 1.03 bits per heavy atom. The minimum Gasteiger partial charge on any atom is -0.495 e. The molecule has 31 heavy (non-hydrogen) atoms. The number of hydrogen-bond donors (Lipinski definition) is 1. The van der Waals surface area contributed by atoms with Gasteiger partial charge in [-0.2, -0.15) is 4.31 Å². The highest BCUT2D eigenvalue weighted by atomic mass is 35.5. The number of ether oxygens (including phenoxy) is 1. The molecule has 9 heteroatoms. The summed E-state index contributed by atoms with van der Waals surface area (Å²) in [5, 5.41) is 12.1. The molecular weight excluding hydrogens is 436 g/mol.